The summed E-state index contributed by atoms with van der Waals surface area (Å²) < 4.78 is 8.26. The second-order valence-corrected chi connectivity index (χ2v) is 10.1. The number of ether oxygens (including phenoxy) is 1. The van der Waals surface area contributed by atoms with E-state index in [0.29, 0.717) is 34.0 Å². The summed E-state index contributed by atoms with van der Waals surface area (Å²) in [6, 6.07) is 11.3. The minimum absolute atomic E-state index is 0.266. The zero-order valence-corrected chi connectivity index (χ0v) is 23.2. The summed E-state index contributed by atoms with van der Waals surface area (Å²) in [5.74, 6) is 0.508. The van der Waals surface area contributed by atoms with Crippen LogP contribution >= 0.6 is 22.6 Å². The molecule has 2 aromatic heterocycles. The van der Waals surface area contributed by atoms with Crippen molar-refractivity contribution in [3.8, 4) is 11.4 Å². The molecule has 3 heterocycles. The first-order chi connectivity index (χ1) is 18.4. The van der Waals surface area contributed by atoms with E-state index < -0.39 is 0 Å². The van der Waals surface area contributed by atoms with Gasteiger partial charge in [0.25, 0.3) is 0 Å². The van der Waals surface area contributed by atoms with Crippen molar-refractivity contribution in [3.63, 3.8) is 0 Å². The van der Waals surface area contributed by atoms with Gasteiger partial charge in [-0.25, -0.2) is 14.3 Å². The summed E-state index contributed by atoms with van der Waals surface area (Å²) >= 11 is 2.22. The summed E-state index contributed by atoms with van der Waals surface area (Å²) in [5, 5.41) is 6.11. The first kappa shape index (κ1) is 25.7. The molecule has 1 saturated heterocycles. The van der Waals surface area contributed by atoms with Gasteiger partial charge in [-0.1, -0.05) is 6.58 Å². The van der Waals surface area contributed by atoms with Crippen LogP contribution < -0.4 is 26.0 Å². The normalized spacial score (nSPS) is 13.9. The zero-order chi connectivity index (χ0) is 26.8. The van der Waals surface area contributed by atoms with Gasteiger partial charge in [-0.15, -0.1) is 0 Å². The Morgan fingerprint density at radius 2 is 1.89 bits per heavy atom. The molecule has 38 heavy (non-hydrogen) atoms. The number of anilines is 4. The first-order valence-corrected chi connectivity index (χ1v) is 13.0. The van der Waals surface area contributed by atoms with Gasteiger partial charge < -0.3 is 30.2 Å². The van der Waals surface area contributed by atoms with Gasteiger partial charge >= 0.3 is 5.69 Å². The van der Waals surface area contributed by atoms with Crippen molar-refractivity contribution in [2.24, 2.45) is 0 Å². The van der Waals surface area contributed by atoms with E-state index in [1.807, 2.05) is 30.3 Å². The molecule has 0 saturated carbocycles. The maximum absolute atomic E-state index is 12.7. The molecule has 1 aliphatic heterocycles. The molecule has 196 valence electrons. The minimum atomic E-state index is -0.317. The van der Waals surface area contributed by atoms with E-state index in [1.165, 1.54) is 10.6 Å². The molecule has 0 unspecified atom stereocenters. The number of nitrogens with zero attached hydrogens (tertiary/aromatic N) is 5. The van der Waals surface area contributed by atoms with Gasteiger partial charge in [-0.3, -0.25) is 4.79 Å². The highest BCUT2D eigenvalue weighted by Gasteiger charge is 2.21. The van der Waals surface area contributed by atoms with Crippen LogP contribution in [0.4, 0.5) is 23.0 Å². The van der Waals surface area contributed by atoms with Crippen LogP contribution in [0.25, 0.3) is 16.9 Å². The fourth-order valence-corrected chi connectivity index (χ4v) is 4.70. The molecule has 0 atom stereocenters. The Labute approximate surface area is 232 Å². The number of imidazole rings is 1. The lowest BCUT2D eigenvalue weighted by Gasteiger charge is -2.35. The Bertz CT molecular complexity index is 1560. The molecule has 0 bridgehead atoms. The number of amides is 1. The van der Waals surface area contributed by atoms with Crippen molar-refractivity contribution in [1.29, 1.82) is 0 Å². The van der Waals surface area contributed by atoms with Gasteiger partial charge in [-0.05, 0) is 66.0 Å². The number of benzene rings is 2. The van der Waals surface area contributed by atoms with Gasteiger partial charge in [0.1, 0.15) is 11.3 Å². The van der Waals surface area contributed by atoms with E-state index in [-0.39, 0.29) is 17.5 Å². The third-order valence-corrected chi connectivity index (χ3v) is 7.08. The van der Waals surface area contributed by atoms with Gasteiger partial charge in [0, 0.05) is 35.8 Å². The maximum atomic E-state index is 12.7. The number of piperazine rings is 1. The molecule has 0 spiro atoms. The number of aromatic amines is 1. The number of fused-ring (bicyclic) bond motifs is 1. The van der Waals surface area contributed by atoms with Crippen LogP contribution in [-0.4, -0.2) is 70.7 Å². The van der Waals surface area contributed by atoms with Gasteiger partial charge in [0.15, 0.2) is 5.65 Å². The third-order valence-electron chi connectivity index (χ3n) is 6.36. The quantitative estimate of drug-likeness (QED) is 0.211. The number of halogens is 1. The van der Waals surface area contributed by atoms with Crippen LogP contribution in [0.5, 0.6) is 5.75 Å². The third kappa shape index (κ3) is 5.22. The number of nitrogens with one attached hydrogen (secondary N) is 3. The molecule has 3 N–H and O–H groups in total. The number of carbonyl (C=O) groups is 1. The molecule has 5 rings (SSSR count). The molecule has 1 fully saturated rings. The molecule has 4 aromatic rings. The second-order valence-electron chi connectivity index (χ2n) is 8.85. The van der Waals surface area contributed by atoms with Gasteiger partial charge in [0.2, 0.25) is 11.9 Å². The molecule has 1 amide bonds. The summed E-state index contributed by atoms with van der Waals surface area (Å²) in [7, 11) is 3.67. The van der Waals surface area contributed by atoms with E-state index in [0.717, 1.165) is 35.4 Å². The number of rotatable bonds is 7. The lowest BCUT2D eigenvalue weighted by molar-refractivity contribution is -0.111. The molecule has 11 nitrogen and oxygen atoms in total. The van der Waals surface area contributed by atoms with E-state index in [9.17, 15) is 9.59 Å². The number of H-pyrrole nitrogens is 1. The summed E-state index contributed by atoms with van der Waals surface area (Å²) in [4.78, 5) is 41.3. The molecule has 0 aliphatic carbocycles. The number of hydrogen-bond donors (Lipinski definition) is 3. The van der Waals surface area contributed by atoms with Crippen molar-refractivity contribution in [1.82, 2.24) is 24.4 Å². The van der Waals surface area contributed by atoms with E-state index >= 15 is 0 Å². The fraction of sp³-hybridized carbons (Fsp3) is 0.231. The van der Waals surface area contributed by atoms with Crippen molar-refractivity contribution < 1.29 is 9.53 Å². The Morgan fingerprint density at radius 1 is 1.16 bits per heavy atom. The molecular weight excluding hydrogens is 599 g/mol. The standard InChI is InChI=1S/C26H27IN8O3/c1-4-23(36)29-18-13-19(22(38-3)14-21(18)34-11-9-33(2)10-12-34)30-25-28-15-20-24(32-25)35(26(37)31-20)17-7-5-16(27)6-8-17/h4-8,13-15H,1,9-12H2,2-3H3,(H,29,36)(H,31,37)(H,28,30,32). The summed E-state index contributed by atoms with van der Waals surface area (Å²) in [6.07, 6.45) is 2.79. The molecule has 12 heteroatoms. The largest absolute Gasteiger partial charge is 0.494 e. The smallest absolute Gasteiger partial charge is 0.332 e. The van der Waals surface area contributed by atoms with E-state index in [2.05, 4.69) is 71.6 Å². The monoisotopic (exact) mass is 626 g/mol. The molecular formula is C26H27IN8O3. The molecule has 1 aliphatic rings. The highest BCUT2D eigenvalue weighted by atomic mass is 127. The second kappa shape index (κ2) is 10.8. The summed E-state index contributed by atoms with van der Waals surface area (Å²) in [5.41, 5.74) is 3.35. The van der Waals surface area contributed by atoms with Crippen LogP contribution in [-0.2, 0) is 4.79 Å². The van der Waals surface area contributed by atoms with Crippen LogP contribution in [0.2, 0.25) is 0 Å². The SMILES string of the molecule is C=CC(=O)Nc1cc(Nc2ncc3[nH]c(=O)n(-c4ccc(I)cc4)c3n2)c(OC)cc1N1CCN(C)CC1. The van der Waals surface area contributed by atoms with Crippen LogP contribution in [0.3, 0.4) is 0 Å². The first-order valence-electron chi connectivity index (χ1n) is 12.0. The predicted octanol–water partition coefficient (Wildman–Crippen LogP) is 3.34. The Kier molecular flexibility index (Phi) is 7.33. The number of carbonyl (C=O) groups excluding carboxylic acids is 1. The molecule has 0 radical (unpaired) electrons. The Balaban J connectivity index is 1.54. The van der Waals surface area contributed by atoms with Crippen LogP contribution in [0, 0.1) is 3.57 Å². The Hall–Kier alpha value is -3.91. The number of hydrogen-bond acceptors (Lipinski definition) is 8. The number of methoxy groups -OCH3 is 1. The Morgan fingerprint density at radius 3 is 2.58 bits per heavy atom. The minimum Gasteiger partial charge on any atom is -0.494 e. The summed E-state index contributed by atoms with van der Waals surface area (Å²) in [6.45, 7) is 7.02. The van der Waals surface area contributed by atoms with E-state index in [4.69, 9.17) is 4.74 Å². The van der Waals surface area contributed by atoms with Gasteiger partial charge in [-0.2, -0.15) is 4.98 Å². The highest BCUT2D eigenvalue weighted by Crippen LogP contribution is 2.38. The van der Waals surface area contributed by atoms with E-state index in [1.54, 1.807) is 19.4 Å². The van der Waals surface area contributed by atoms with Crippen molar-refractivity contribution in [2.45, 2.75) is 0 Å². The lowest BCUT2D eigenvalue weighted by atomic mass is 10.1. The lowest BCUT2D eigenvalue weighted by Crippen LogP contribution is -2.44. The van der Waals surface area contributed by atoms with Crippen LogP contribution in [0.1, 0.15) is 0 Å². The van der Waals surface area contributed by atoms with Crippen molar-refractivity contribution >= 4 is 62.7 Å². The predicted molar refractivity (Wildman–Crippen MR) is 157 cm³/mol. The molecule has 2 aromatic carbocycles. The maximum Gasteiger partial charge on any atom is 0.332 e. The average molecular weight is 626 g/mol. The number of aromatic nitrogens is 4. The topological polar surface area (TPSA) is 120 Å². The van der Waals surface area contributed by atoms with Crippen molar-refractivity contribution in [2.75, 3.05) is 55.9 Å². The van der Waals surface area contributed by atoms with Crippen molar-refractivity contribution in [3.05, 3.63) is 69.3 Å². The number of likely N-dealkylation sites (N-methyl/N-ethyl adjacent to an activating group) is 1. The highest BCUT2D eigenvalue weighted by molar-refractivity contribution is 14.1. The zero-order valence-electron chi connectivity index (χ0n) is 21.0. The van der Waals surface area contributed by atoms with Crippen LogP contribution in [0.15, 0.2) is 60.0 Å². The van der Waals surface area contributed by atoms with Gasteiger partial charge in [0.05, 0.1) is 36.1 Å². The fourth-order valence-electron chi connectivity index (χ4n) is 4.34. The average Bonchev–Trinajstić information content (AvgIpc) is 3.24.